The quantitative estimate of drug-likeness (QED) is 0.264. The van der Waals surface area contributed by atoms with Gasteiger partial charge in [0.15, 0.2) is 0 Å². The Bertz CT molecular complexity index is 2130. The van der Waals surface area contributed by atoms with Crippen molar-refractivity contribution in [1.29, 1.82) is 0 Å². The van der Waals surface area contributed by atoms with Gasteiger partial charge < -0.3 is 44.1 Å². The maximum atomic E-state index is 12.2. The van der Waals surface area contributed by atoms with Crippen LogP contribution in [-0.4, -0.2) is 227 Å². The molecule has 6 saturated heterocycles. The predicted molar refractivity (Wildman–Crippen MR) is 332 cm³/mol. The fraction of sp³-hybridized carbons (Fsp3) is 0.793. The van der Waals surface area contributed by atoms with Crippen LogP contribution in [0.2, 0.25) is 0 Å². The lowest BCUT2D eigenvalue weighted by Gasteiger charge is -2.41. The molecule has 432 valence electrons. The van der Waals surface area contributed by atoms with Crippen LogP contribution in [0, 0.1) is 0 Å². The number of fused-ring (bicyclic) bond motifs is 2. The number of pyridine rings is 2. The van der Waals surface area contributed by atoms with Crippen molar-refractivity contribution in [3.63, 3.8) is 0 Å². The van der Waals surface area contributed by atoms with E-state index in [4.69, 9.17) is 54.6 Å². The first-order valence-corrected chi connectivity index (χ1v) is 30.9. The summed E-state index contributed by atoms with van der Waals surface area (Å²) in [5.74, 6) is 0. The molecule has 0 saturated carbocycles. The summed E-state index contributed by atoms with van der Waals surface area (Å²) in [5.41, 5.74) is 4.70. The minimum Gasteiger partial charge on any atom is -0.444 e. The molecule has 2 aromatic heterocycles. The fourth-order valence-corrected chi connectivity index (χ4v) is 12.4. The summed E-state index contributed by atoms with van der Waals surface area (Å²) in [6.45, 7) is 23.3. The highest BCUT2D eigenvalue weighted by Gasteiger charge is 2.35. The van der Waals surface area contributed by atoms with Crippen LogP contribution in [0.25, 0.3) is 0 Å². The van der Waals surface area contributed by atoms with E-state index in [2.05, 4.69) is 54.7 Å². The zero-order valence-electron chi connectivity index (χ0n) is 50.5. The number of carbonyl (C=O) groups excluding carboxylic acids is 2. The molecule has 2 aromatic rings. The van der Waals surface area contributed by atoms with E-state index in [1.165, 1.54) is 94.0 Å². The van der Waals surface area contributed by atoms with E-state index in [1.54, 1.807) is 4.90 Å². The molecule has 0 bridgehead atoms. The zero-order valence-corrected chi connectivity index (χ0v) is 50.5. The summed E-state index contributed by atoms with van der Waals surface area (Å²) in [6, 6.07) is 9.87. The molecule has 12 radical (unpaired) electrons. The molecule has 2 unspecified atom stereocenters. The van der Waals surface area contributed by atoms with Crippen LogP contribution in [0.15, 0.2) is 36.7 Å². The molecule has 23 heteroatoms. The largest absolute Gasteiger partial charge is 0.444 e. The van der Waals surface area contributed by atoms with Gasteiger partial charge >= 0.3 is 12.2 Å². The van der Waals surface area contributed by atoms with Gasteiger partial charge in [-0.3, -0.25) is 19.8 Å². The van der Waals surface area contributed by atoms with Gasteiger partial charge in [-0.05, 0) is 207 Å². The van der Waals surface area contributed by atoms with E-state index in [9.17, 15) is 9.59 Å². The Kier molecular flexibility index (Phi) is 28.0. The number of piperidine rings is 6. The average molecular weight is 1100 g/mol. The third-order valence-electron chi connectivity index (χ3n) is 16.8. The van der Waals surface area contributed by atoms with Gasteiger partial charge in [0.05, 0.1) is 36.6 Å². The molecular formula is C58H94B8N8O7. The minimum absolute atomic E-state index is 0. The second kappa shape index (κ2) is 33.7. The Balaban J connectivity index is 0.000000187. The topological polar surface area (TPSA) is 143 Å². The molecule has 10 rings (SSSR count). The van der Waals surface area contributed by atoms with E-state index in [0.29, 0.717) is 42.6 Å². The Hall–Kier alpha value is -2.92. The van der Waals surface area contributed by atoms with E-state index in [0.717, 1.165) is 130 Å². The highest BCUT2D eigenvalue weighted by atomic mass is 16.6. The van der Waals surface area contributed by atoms with E-state index < -0.39 is 17.6 Å². The van der Waals surface area contributed by atoms with Gasteiger partial charge in [-0.1, -0.05) is 12.1 Å². The maximum absolute atomic E-state index is 12.2. The Morgan fingerprint density at radius 1 is 0.531 bits per heavy atom. The SMILES string of the molecule is CC(C)(C)OC(=O)N1CCC(OC2CCN(C3CCCc4ncccc43)CC2)CC1.CC(C)(C)OC(=O)N1CCC(OC2CCNCC2)CC1.[B].[B][B]B([B])B([B])[B].c1cnc2c(c1)C(N1CCC(OC3CCNCC3)CC1)CCC2. The molecule has 15 nitrogen and oxygen atoms in total. The van der Waals surface area contributed by atoms with Crippen LogP contribution in [0.4, 0.5) is 9.59 Å². The van der Waals surface area contributed by atoms with Gasteiger partial charge in [0.2, 0.25) is 0 Å². The van der Waals surface area contributed by atoms with Gasteiger partial charge in [-0.15, -0.1) is 0 Å². The first kappa shape index (κ1) is 67.2. The summed E-state index contributed by atoms with van der Waals surface area (Å²) in [5, 5.41) is 6.76. The molecule has 2 amide bonds. The number of hydrogen-bond donors (Lipinski definition) is 2. The Morgan fingerprint density at radius 3 is 1.15 bits per heavy atom. The molecule has 6 fully saturated rings. The van der Waals surface area contributed by atoms with Crippen molar-refractivity contribution >= 4 is 71.4 Å². The van der Waals surface area contributed by atoms with Crippen LogP contribution in [0.1, 0.15) is 179 Å². The lowest BCUT2D eigenvalue weighted by molar-refractivity contribution is -0.0705. The first-order valence-electron chi connectivity index (χ1n) is 30.9. The van der Waals surface area contributed by atoms with Gasteiger partial charge in [-0.25, -0.2) is 9.59 Å². The van der Waals surface area contributed by atoms with Crippen LogP contribution >= 0.6 is 0 Å². The first-order chi connectivity index (χ1) is 38.4. The smallest absolute Gasteiger partial charge is 0.410 e. The normalized spacial score (nSPS) is 23.2. The third-order valence-corrected chi connectivity index (χ3v) is 16.8. The van der Waals surface area contributed by atoms with Crippen molar-refractivity contribution in [2.75, 3.05) is 78.5 Å². The number of nitrogens with zero attached hydrogens (tertiary/aromatic N) is 6. The number of rotatable bonds is 10. The minimum atomic E-state index is -0.537. The molecule has 2 atom stereocenters. The maximum Gasteiger partial charge on any atom is 0.410 e. The van der Waals surface area contributed by atoms with Gasteiger partial charge in [-0.2, -0.15) is 0 Å². The molecule has 0 aromatic carbocycles. The number of aromatic nitrogens is 2. The van der Waals surface area contributed by atoms with E-state index >= 15 is 0 Å². The van der Waals surface area contributed by atoms with Crippen LogP contribution in [-0.2, 0) is 36.5 Å². The van der Waals surface area contributed by atoms with Crippen molar-refractivity contribution in [1.82, 2.24) is 40.2 Å². The van der Waals surface area contributed by atoms with Gasteiger partial charge in [0.1, 0.15) is 11.2 Å². The number of hydrogen-bond acceptors (Lipinski definition) is 13. The van der Waals surface area contributed by atoms with Crippen molar-refractivity contribution in [2.24, 2.45) is 0 Å². The lowest BCUT2D eigenvalue weighted by Crippen LogP contribution is -2.45. The summed E-state index contributed by atoms with van der Waals surface area (Å²) < 4.78 is 29.8. The predicted octanol–water partition coefficient (Wildman–Crippen LogP) is 6.14. The summed E-state index contributed by atoms with van der Waals surface area (Å²) in [6.07, 6.45) is 24.9. The molecule has 6 aliphatic heterocycles. The Labute approximate surface area is 497 Å². The average Bonchev–Trinajstić information content (AvgIpc) is 3.50. The standard InChI is InChI=1S/C24H37N3O3.C19H29N3O.C15H28N2O3.B7.B/c1-24(2,3)30-23(28)27-16-11-19(12-17-27)29-18-9-14-26(15-10-18)22-8-4-7-21-20(22)6-5-13-25-21;1-4-18-17(3-2-10-21-18)19(5-1)22-13-8-16(9-14-22)23-15-6-11-20-12-7-15;1-15(2,3)20-14(18)17-10-6-13(7-11-17)19-12-4-8-16-9-5-12;1-5-7(4)6(2)3;/h5-6,13,18-19,22H,4,7-12,14-17H2,1-3H3;2-3,10,15-16,19-20H,1,4-9,11-14H2;12-13,16H,4-11H2,1-3H3;;. The summed E-state index contributed by atoms with van der Waals surface area (Å²) in [4.78, 5) is 42.4. The van der Waals surface area contributed by atoms with Crippen LogP contribution in [0.5, 0.6) is 0 Å². The van der Waals surface area contributed by atoms with Crippen LogP contribution in [0.3, 0.4) is 0 Å². The highest BCUT2D eigenvalue weighted by Crippen LogP contribution is 2.37. The number of likely N-dealkylation sites (tertiary alicyclic amines) is 4. The molecule has 0 spiro atoms. The molecule has 2 N–H and O–H groups in total. The number of aryl methyl sites for hydroxylation is 2. The number of ether oxygens (including phenoxy) is 5. The van der Waals surface area contributed by atoms with Gasteiger partial charge in [0, 0.05) is 147 Å². The summed E-state index contributed by atoms with van der Waals surface area (Å²) >= 11 is 0. The molecular weight excluding hydrogens is 1010 g/mol. The molecule has 8 heterocycles. The van der Waals surface area contributed by atoms with E-state index in [-0.39, 0.29) is 33.1 Å². The molecule has 8 aliphatic rings. The van der Waals surface area contributed by atoms with Crippen molar-refractivity contribution in [3.8, 4) is 0 Å². The number of carbonyl (C=O) groups is 2. The zero-order chi connectivity index (χ0) is 57.1. The molecule has 2 aliphatic carbocycles. The van der Waals surface area contributed by atoms with Crippen molar-refractivity contribution in [3.05, 3.63) is 59.2 Å². The van der Waals surface area contributed by atoms with Crippen LogP contribution < -0.4 is 10.6 Å². The number of amides is 2. The number of nitrogens with one attached hydrogen (secondary N) is 2. The van der Waals surface area contributed by atoms with Crippen molar-refractivity contribution < 1.29 is 33.3 Å². The fourth-order valence-electron chi connectivity index (χ4n) is 12.4. The second-order valence-electron chi connectivity index (χ2n) is 25.4. The summed E-state index contributed by atoms with van der Waals surface area (Å²) in [7, 11) is 21.6. The monoisotopic (exact) mass is 1100 g/mol. The van der Waals surface area contributed by atoms with E-state index in [1.807, 2.05) is 58.8 Å². The van der Waals surface area contributed by atoms with Crippen molar-refractivity contribution in [2.45, 2.75) is 217 Å². The van der Waals surface area contributed by atoms with Gasteiger partial charge in [0.25, 0.3) is 0 Å². The second-order valence-corrected chi connectivity index (χ2v) is 25.4. The molecule has 81 heavy (non-hydrogen) atoms. The lowest BCUT2D eigenvalue weighted by atomic mass is 8.76. The highest BCUT2D eigenvalue weighted by molar-refractivity contribution is 7.81. The Morgan fingerprint density at radius 2 is 0.852 bits per heavy atom. The third kappa shape index (κ3) is 22.5.